The molecule has 2 atom stereocenters. The molecule has 1 nitrogen and oxygen atoms in total. The molecule has 0 saturated heterocycles. The highest BCUT2D eigenvalue weighted by molar-refractivity contribution is 9.10. The summed E-state index contributed by atoms with van der Waals surface area (Å²) < 4.78 is 6.87. The second-order valence-electron chi connectivity index (χ2n) is 4.65. The SMILES string of the molecule is Brc1ccc(OCCC2CCCCC2Br)cc1. The zero-order chi connectivity index (χ0) is 12.1. The first-order valence-corrected chi connectivity index (χ1v) is 7.99. The maximum atomic E-state index is 5.77. The molecule has 0 aromatic heterocycles. The topological polar surface area (TPSA) is 9.23 Å². The Hall–Kier alpha value is -0.0200. The van der Waals surface area contributed by atoms with Gasteiger partial charge in [-0.25, -0.2) is 0 Å². The molecule has 1 aliphatic carbocycles. The molecule has 17 heavy (non-hydrogen) atoms. The summed E-state index contributed by atoms with van der Waals surface area (Å²) in [6, 6.07) is 8.06. The van der Waals surface area contributed by atoms with E-state index in [9.17, 15) is 0 Å². The van der Waals surface area contributed by atoms with Crippen LogP contribution in [0, 0.1) is 5.92 Å². The average molecular weight is 362 g/mol. The van der Waals surface area contributed by atoms with Gasteiger partial charge in [0.15, 0.2) is 0 Å². The highest BCUT2D eigenvalue weighted by atomic mass is 79.9. The van der Waals surface area contributed by atoms with Crippen LogP contribution in [0.4, 0.5) is 0 Å². The number of ether oxygens (including phenoxy) is 1. The molecular weight excluding hydrogens is 344 g/mol. The normalized spacial score (nSPS) is 24.6. The Kier molecular flexibility index (Phi) is 5.36. The first-order chi connectivity index (χ1) is 8.25. The van der Waals surface area contributed by atoms with Crippen molar-refractivity contribution in [3.05, 3.63) is 28.7 Å². The van der Waals surface area contributed by atoms with E-state index < -0.39 is 0 Å². The number of halogens is 2. The molecule has 1 fully saturated rings. The Bertz CT molecular complexity index is 337. The maximum absolute atomic E-state index is 5.77. The van der Waals surface area contributed by atoms with Gasteiger partial charge in [0.25, 0.3) is 0 Å². The standard InChI is InChI=1S/C14H18Br2O/c15-12-5-7-13(8-6-12)17-10-9-11-3-1-2-4-14(11)16/h5-8,11,14H,1-4,9-10H2. The third kappa shape index (κ3) is 4.29. The molecule has 1 aliphatic rings. The van der Waals surface area contributed by atoms with E-state index >= 15 is 0 Å². The van der Waals surface area contributed by atoms with Crippen molar-refractivity contribution in [1.29, 1.82) is 0 Å². The molecule has 0 aliphatic heterocycles. The zero-order valence-electron chi connectivity index (χ0n) is 9.87. The quantitative estimate of drug-likeness (QED) is 0.672. The second-order valence-corrected chi connectivity index (χ2v) is 6.74. The van der Waals surface area contributed by atoms with Gasteiger partial charge in [0.2, 0.25) is 0 Å². The van der Waals surface area contributed by atoms with Crippen LogP contribution in [-0.2, 0) is 0 Å². The summed E-state index contributed by atoms with van der Waals surface area (Å²) in [7, 11) is 0. The van der Waals surface area contributed by atoms with E-state index in [-0.39, 0.29) is 0 Å². The number of rotatable bonds is 4. The van der Waals surface area contributed by atoms with Crippen molar-refractivity contribution >= 4 is 31.9 Å². The Labute approximate surface area is 120 Å². The monoisotopic (exact) mass is 360 g/mol. The van der Waals surface area contributed by atoms with Crippen LogP contribution in [-0.4, -0.2) is 11.4 Å². The van der Waals surface area contributed by atoms with E-state index in [2.05, 4.69) is 31.9 Å². The molecule has 0 N–H and O–H groups in total. The molecular formula is C14H18Br2O. The summed E-state index contributed by atoms with van der Waals surface area (Å²) in [5.41, 5.74) is 0. The van der Waals surface area contributed by atoms with Gasteiger partial charge in [0.05, 0.1) is 6.61 Å². The van der Waals surface area contributed by atoms with Crippen molar-refractivity contribution < 1.29 is 4.74 Å². The van der Waals surface area contributed by atoms with E-state index in [4.69, 9.17) is 4.74 Å². The summed E-state index contributed by atoms with van der Waals surface area (Å²) in [5.74, 6) is 1.76. The molecule has 1 aromatic carbocycles. The lowest BCUT2D eigenvalue weighted by Gasteiger charge is -2.27. The van der Waals surface area contributed by atoms with Gasteiger partial charge in [0, 0.05) is 9.30 Å². The number of hydrogen-bond donors (Lipinski definition) is 0. The molecule has 0 amide bonds. The Morgan fingerprint density at radius 1 is 1.12 bits per heavy atom. The van der Waals surface area contributed by atoms with E-state index in [0.717, 1.165) is 29.2 Å². The van der Waals surface area contributed by atoms with Crippen molar-refractivity contribution in [2.24, 2.45) is 5.92 Å². The Balaban J connectivity index is 1.73. The van der Waals surface area contributed by atoms with Gasteiger partial charge in [-0.2, -0.15) is 0 Å². The van der Waals surface area contributed by atoms with E-state index in [1.807, 2.05) is 24.3 Å². The average Bonchev–Trinajstić information content (AvgIpc) is 2.34. The van der Waals surface area contributed by atoms with Gasteiger partial charge in [-0.1, -0.05) is 44.7 Å². The summed E-state index contributed by atoms with van der Waals surface area (Å²) in [6.45, 7) is 0.828. The largest absolute Gasteiger partial charge is 0.494 e. The van der Waals surface area contributed by atoms with Crippen molar-refractivity contribution in [1.82, 2.24) is 0 Å². The van der Waals surface area contributed by atoms with Crippen LogP contribution >= 0.6 is 31.9 Å². The molecule has 0 bridgehead atoms. The molecule has 2 unspecified atom stereocenters. The smallest absolute Gasteiger partial charge is 0.119 e. The molecule has 0 radical (unpaired) electrons. The van der Waals surface area contributed by atoms with Crippen LogP contribution in [0.25, 0.3) is 0 Å². The minimum Gasteiger partial charge on any atom is -0.494 e. The summed E-state index contributed by atoms with van der Waals surface area (Å²) >= 11 is 7.21. The molecule has 3 heteroatoms. The van der Waals surface area contributed by atoms with Gasteiger partial charge >= 0.3 is 0 Å². The summed E-state index contributed by atoms with van der Waals surface area (Å²) in [5, 5.41) is 0. The van der Waals surface area contributed by atoms with Gasteiger partial charge < -0.3 is 4.74 Å². The zero-order valence-corrected chi connectivity index (χ0v) is 13.0. The minimum atomic E-state index is 0.699. The van der Waals surface area contributed by atoms with Crippen molar-refractivity contribution in [3.8, 4) is 5.75 Å². The van der Waals surface area contributed by atoms with E-state index in [1.165, 1.54) is 25.7 Å². The third-order valence-corrected chi connectivity index (χ3v) is 5.12. The van der Waals surface area contributed by atoms with Crippen LogP contribution in [0.3, 0.4) is 0 Å². The fraction of sp³-hybridized carbons (Fsp3) is 0.571. The molecule has 1 saturated carbocycles. The first kappa shape index (κ1) is 13.4. The van der Waals surface area contributed by atoms with Crippen LogP contribution in [0.15, 0.2) is 28.7 Å². The van der Waals surface area contributed by atoms with Crippen molar-refractivity contribution in [2.45, 2.75) is 36.9 Å². The predicted octanol–water partition coefficient (Wildman–Crippen LogP) is 5.17. The van der Waals surface area contributed by atoms with Crippen LogP contribution in [0.5, 0.6) is 5.75 Å². The molecule has 0 heterocycles. The van der Waals surface area contributed by atoms with Crippen LogP contribution in [0.1, 0.15) is 32.1 Å². The highest BCUT2D eigenvalue weighted by Gasteiger charge is 2.22. The molecule has 1 aromatic rings. The van der Waals surface area contributed by atoms with Gasteiger partial charge in [-0.3, -0.25) is 0 Å². The number of benzene rings is 1. The van der Waals surface area contributed by atoms with Gasteiger partial charge in [0.1, 0.15) is 5.75 Å². The lowest BCUT2D eigenvalue weighted by molar-refractivity contribution is 0.252. The fourth-order valence-electron chi connectivity index (χ4n) is 2.35. The third-order valence-electron chi connectivity index (χ3n) is 3.39. The lowest BCUT2D eigenvalue weighted by Crippen LogP contribution is -2.21. The summed E-state index contributed by atoms with van der Waals surface area (Å²) in [4.78, 5) is 0.699. The van der Waals surface area contributed by atoms with Crippen molar-refractivity contribution in [3.63, 3.8) is 0 Å². The van der Waals surface area contributed by atoms with Gasteiger partial charge in [-0.15, -0.1) is 0 Å². The molecule has 2 rings (SSSR count). The Morgan fingerprint density at radius 2 is 1.82 bits per heavy atom. The van der Waals surface area contributed by atoms with Crippen molar-refractivity contribution in [2.75, 3.05) is 6.61 Å². The molecule has 94 valence electrons. The predicted molar refractivity (Wildman–Crippen MR) is 78.9 cm³/mol. The van der Waals surface area contributed by atoms with Crippen LogP contribution < -0.4 is 4.74 Å². The second kappa shape index (κ2) is 6.79. The van der Waals surface area contributed by atoms with E-state index in [0.29, 0.717) is 4.83 Å². The minimum absolute atomic E-state index is 0.699. The maximum Gasteiger partial charge on any atom is 0.119 e. The molecule has 0 spiro atoms. The Morgan fingerprint density at radius 3 is 2.53 bits per heavy atom. The fourth-order valence-corrected chi connectivity index (χ4v) is 3.46. The van der Waals surface area contributed by atoms with E-state index in [1.54, 1.807) is 0 Å². The lowest BCUT2D eigenvalue weighted by atomic mass is 9.87. The first-order valence-electron chi connectivity index (χ1n) is 6.28. The number of hydrogen-bond acceptors (Lipinski definition) is 1. The number of alkyl halides is 1. The van der Waals surface area contributed by atoms with Crippen LogP contribution in [0.2, 0.25) is 0 Å². The summed E-state index contributed by atoms with van der Waals surface area (Å²) in [6.07, 6.45) is 6.58. The highest BCUT2D eigenvalue weighted by Crippen LogP contribution is 2.32. The van der Waals surface area contributed by atoms with Gasteiger partial charge in [-0.05, 0) is 49.4 Å².